The number of likely N-dealkylation sites (N-methyl/N-ethyl adjacent to an activating group) is 1. The van der Waals surface area contributed by atoms with Crippen molar-refractivity contribution >= 4 is 21.9 Å². The van der Waals surface area contributed by atoms with E-state index in [9.17, 15) is 18.0 Å². The molecule has 0 fully saturated rings. The predicted octanol–water partition coefficient (Wildman–Crippen LogP) is 0.992. The van der Waals surface area contributed by atoms with Crippen molar-refractivity contribution in [3.8, 4) is 0 Å². The lowest BCUT2D eigenvalue weighted by molar-refractivity contribution is -0.149. The number of sulfonamides is 1. The molecule has 8 heteroatoms. The first kappa shape index (κ1) is 20.1. The van der Waals surface area contributed by atoms with E-state index >= 15 is 0 Å². The van der Waals surface area contributed by atoms with Gasteiger partial charge in [-0.05, 0) is 51.0 Å². The van der Waals surface area contributed by atoms with E-state index in [1.54, 1.807) is 12.1 Å². The van der Waals surface area contributed by atoms with Gasteiger partial charge in [-0.2, -0.15) is 4.31 Å². The Morgan fingerprint density at radius 3 is 2.29 bits per heavy atom. The number of ether oxygens (including phenoxy) is 1. The van der Waals surface area contributed by atoms with E-state index < -0.39 is 34.0 Å². The fourth-order valence-corrected chi connectivity index (χ4v) is 3.25. The summed E-state index contributed by atoms with van der Waals surface area (Å²) in [5, 5.41) is 2.46. The van der Waals surface area contributed by atoms with Gasteiger partial charge in [0.15, 0.2) is 0 Å². The van der Waals surface area contributed by atoms with E-state index in [1.165, 1.54) is 34.1 Å². The minimum Gasteiger partial charge on any atom is -0.467 e. The number of rotatable bonds is 6. The number of carbonyl (C=O) groups excluding carboxylic acids is 2. The summed E-state index contributed by atoms with van der Waals surface area (Å²) in [7, 11) is -1.27. The summed E-state index contributed by atoms with van der Waals surface area (Å²) in [4.78, 5) is 23.8. The molecule has 0 aromatic heterocycles. The van der Waals surface area contributed by atoms with Crippen molar-refractivity contribution in [2.75, 3.05) is 20.7 Å². The van der Waals surface area contributed by atoms with Crippen LogP contribution in [0.1, 0.15) is 25.0 Å². The van der Waals surface area contributed by atoms with Gasteiger partial charge in [0.05, 0.1) is 18.6 Å². The van der Waals surface area contributed by atoms with Crippen LogP contribution in [0.5, 0.6) is 0 Å². The number of methoxy groups -OCH3 is 1. The molecule has 1 rings (SSSR count). The highest BCUT2D eigenvalue weighted by atomic mass is 32.2. The van der Waals surface area contributed by atoms with Crippen molar-refractivity contribution in [3.63, 3.8) is 0 Å². The molecule has 1 N–H and O–H groups in total. The van der Waals surface area contributed by atoms with Gasteiger partial charge in [0.2, 0.25) is 15.9 Å². The number of hydrogen-bond donors (Lipinski definition) is 1. The number of benzene rings is 1. The molecule has 0 radical (unpaired) electrons. The third kappa shape index (κ3) is 4.55. The van der Waals surface area contributed by atoms with E-state index in [4.69, 9.17) is 0 Å². The molecule has 0 aliphatic heterocycles. The van der Waals surface area contributed by atoms with Gasteiger partial charge < -0.3 is 10.1 Å². The molecule has 0 heterocycles. The van der Waals surface area contributed by atoms with E-state index in [2.05, 4.69) is 10.1 Å². The monoisotopic (exact) mass is 356 g/mol. The maximum absolute atomic E-state index is 12.5. The fourth-order valence-electron chi connectivity index (χ4n) is 2.04. The van der Waals surface area contributed by atoms with Crippen LogP contribution in [-0.4, -0.2) is 50.8 Å². The zero-order valence-electron chi connectivity index (χ0n) is 14.8. The van der Waals surface area contributed by atoms with Crippen molar-refractivity contribution in [1.82, 2.24) is 9.62 Å². The van der Waals surface area contributed by atoms with Crippen molar-refractivity contribution in [2.24, 2.45) is 0 Å². The highest BCUT2D eigenvalue weighted by Crippen LogP contribution is 2.18. The molecule has 1 aromatic carbocycles. The van der Waals surface area contributed by atoms with Crippen molar-refractivity contribution in [1.29, 1.82) is 0 Å². The van der Waals surface area contributed by atoms with Crippen molar-refractivity contribution < 1.29 is 22.7 Å². The number of carbonyl (C=O) groups is 2. The van der Waals surface area contributed by atoms with Crippen LogP contribution < -0.4 is 5.32 Å². The van der Waals surface area contributed by atoms with Crippen LogP contribution in [0, 0.1) is 13.8 Å². The molecule has 0 spiro atoms. The molecule has 134 valence electrons. The Labute approximate surface area is 143 Å². The molecule has 0 unspecified atom stereocenters. The third-order valence-electron chi connectivity index (χ3n) is 3.70. The van der Waals surface area contributed by atoms with Gasteiger partial charge in [0, 0.05) is 7.05 Å². The lowest BCUT2D eigenvalue weighted by atomic mass is 10.1. The van der Waals surface area contributed by atoms with Gasteiger partial charge in [-0.1, -0.05) is 6.07 Å². The van der Waals surface area contributed by atoms with Crippen LogP contribution in [0.15, 0.2) is 23.1 Å². The highest BCUT2D eigenvalue weighted by molar-refractivity contribution is 7.89. The lowest BCUT2D eigenvalue weighted by Gasteiger charge is -2.25. The van der Waals surface area contributed by atoms with Crippen LogP contribution in [0.25, 0.3) is 0 Å². The summed E-state index contributed by atoms with van der Waals surface area (Å²) >= 11 is 0. The number of nitrogens with zero attached hydrogens (tertiary/aromatic N) is 1. The summed E-state index contributed by atoms with van der Waals surface area (Å²) < 4.78 is 30.6. The summed E-state index contributed by atoms with van der Waals surface area (Å²) in [5.41, 5.74) is 0.589. The molecule has 0 atom stereocenters. The Hall–Kier alpha value is -1.93. The van der Waals surface area contributed by atoms with Gasteiger partial charge >= 0.3 is 5.97 Å². The summed E-state index contributed by atoms with van der Waals surface area (Å²) in [6.07, 6.45) is 0. The summed E-state index contributed by atoms with van der Waals surface area (Å²) in [6, 6.07) is 4.79. The maximum Gasteiger partial charge on any atom is 0.330 e. The first-order valence-electron chi connectivity index (χ1n) is 7.35. The SMILES string of the molecule is COC(=O)C(C)(C)NC(=O)CN(C)S(=O)(=O)c1ccc(C)c(C)c1. The van der Waals surface area contributed by atoms with Gasteiger partial charge in [0.25, 0.3) is 0 Å². The molecule has 0 aliphatic rings. The van der Waals surface area contributed by atoms with Gasteiger partial charge in [-0.15, -0.1) is 0 Å². The van der Waals surface area contributed by atoms with Crippen LogP contribution in [0.3, 0.4) is 0 Å². The van der Waals surface area contributed by atoms with E-state index in [-0.39, 0.29) is 4.90 Å². The zero-order valence-corrected chi connectivity index (χ0v) is 15.7. The topological polar surface area (TPSA) is 92.8 Å². The normalized spacial score (nSPS) is 12.1. The van der Waals surface area contributed by atoms with E-state index in [1.807, 2.05) is 13.8 Å². The lowest BCUT2D eigenvalue weighted by Crippen LogP contribution is -2.53. The molecule has 0 aliphatic carbocycles. The zero-order chi connectivity index (χ0) is 18.7. The van der Waals surface area contributed by atoms with Crippen molar-refractivity contribution in [2.45, 2.75) is 38.1 Å². The Bertz CT molecular complexity index is 741. The number of nitrogens with one attached hydrogen (secondary N) is 1. The first-order valence-corrected chi connectivity index (χ1v) is 8.79. The maximum atomic E-state index is 12.5. The second-order valence-corrected chi connectivity index (χ2v) is 8.22. The molecule has 24 heavy (non-hydrogen) atoms. The number of esters is 1. The Morgan fingerprint density at radius 2 is 1.79 bits per heavy atom. The van der Waals surface area contributed by atoms with Gasteiger partial charge in [0.1, 0.15) is 5.54 Å². The highest BCUT2D eigenvalue weighted by Gasteiger charge is 2.32. The average Bonchev–Trinajstić information content (AvgIpc) is 2.48. The Balaban J connectivity index is 2.89. The van der Waals surface area contributed by atoms with Crippen LogP contribution in [-0.2, 0) is 24.3 Å². The minimum absolute atomic E-state index is 0.119. The second kappa shape index (κ2) is 7.31. The summed E-state index contributed by atoms with van der Waals surface area (Å²) in [5.74, 6) is -1.21. The van der Waals surface area contributed by atoms with Gasteiger partial charge in [-0.25, -0.2) is 13.2 Å². The molecule has 0 saturated carbocycles. The molecule has 0 bridgehead atoms. The molecule has 0 saturated heterocycles. The standard InChI is InChI=1S/C16H24N2O5S/c1-11-7-8-13(9-12(11)2)24(21,22)18(5)10-14(19)17-16(3,4)15(20)23-6/h7-9H,10H2,1-6H3,(H,17,19). The second-order valence-electron chi connectivity index (χ2n) is 6.17. The number of hydrogen-bond acceptors (Lipinski definition) is 5. The number of aryl methyl sites for hydroxylation is 2. The Morgan fingerprint density at radius 1 is 1.21 bits per heavy atom. The van der Waals surface area contributed by atoms with Crippen LogP contribution in [0.2, 0.25) is 0 Å². The number of amides is 1. The Kier molecular flexibility index (Phi) is 6.13. The molecular formula is C16H24N2O5S. The quantitative estimate of drug-likeness (QED) is 0.768. The van der Waals surface area contributed by atoms with Crippen LogP contribution in [0.4, 0.5) is 0 Å². The first-order chi connectivity index (χ1) is 10.9. The average molecular weight is 356 g/mol. The van der Waals surface area contributed by atoms with E-state index in [0.29, 0.717) is 0 Å². The smallest absolute Gasteiger partial charge is 0.330 e. The van der Waals surface area contributed by atoms with Gasteiger partial charge in [-0.3, -0.25) is 4.79 Å². The molecular weight excluding hydrogens is 332 g/mol. The minimum atomic E-state index is -3.80. The predicted molar refractivity (Wildman–Crippen MR) is 90.0 cm³/mol. The van der Waals surface area contributed by atoms with Crippen molar-refractivity contribution in [3.05, 3.63) is 29.3 Å². The molecule has 1 amide bonds. The largest absolute Gasteiger partial charge is 0.467 e. The fraction of sp³-hybridized carbons (Fsp3) is 0.500. The summed E-state index contributed by atoms with van der Waals surface area (Å²) in [6.45, 7) is 6.26. The molecule has 1 aromatic rings. The van der Waals surface area contributed by atoms with Crippen LogP contribution >= 0.6 is 0 Å². The third-order valence-corrected chi connectivity index (χ3v) is 5.50. The molecule has 7 nitrogen and oxygen atoms in total. The van der Waals surface area contributed by atoms with E-state index in [0.717, 1.165) is 15.4 Å².